The molecule has 2 heterocycles. The number of nitrogens with one attached hydrogen (secondary N) is 1. The Morgan fingerprint density at radius 2 is 1.86 bits per heavy atom. The van der Waals surface area contributed by atoms with E-state index in [1.807, 2.05) is 13.8 Å². The van der Waals surface area contributed by atoms with E-state index >= 15 is 0 Å². The van der Waals surface area contributed by atoms with Gasteiger partial charge in [0, 0.05) is 28.9 Å². The minimum absolute atomic E-state index is 0.00704. The fraction of sp³-hybridized carbons (Fsp3) is 0.148. The molecule has 0 unspecified atom stereocenters. The molecule has 0 saturated heterocycles. The Balaban J connectivity index is 1.70. The van der Waals surface area contributed by atoms with E-state index in [9.17, 15) is 18.3 Å². The van der Waals surface area contributed by atoms with Gasteiger partial charge in [-0.1, -0.05) is 30.9 Å². The van der Waals surface area contributed by atoms with Gasteiger partial charge in [0.25, 0.3) is 10.0 Å². The van der Waals surface area contributed by atoms with Crippen molar-refractivity contribution >= 4 is 32.6 Å². The Labute approximate surface area is 209 Å². The van der Waals surface area contributed by atoms with Crippen LogP contribution in [0.3, 0.4) is 0 Å². The molecule has 0 bridgehead atoms. The van der Waals surface area contributed by atoms with Gasteiger partial charge in [0.2, 0.25) is 0 Å². The maximum atomic E-state index is 13.4. The van der Waals surface area contributed by atoms with E-state index < -0.39 is 16.0 Å². The Morgan fingerprint density at radius 1 is 1.06 bits per heavy atom. The molecule has 4 aromatic rings. The number of benzene rings is 2. The molecular weight excluding hydrogens is 478 g/mol. The number of hydrogen-bond acceptors (Lipinski definition) is 6. The molecule has 0 aliphatic carbocycles. The first-order valence-corrected chi connectivity index (χ1v) is 12.7. The van der Waals surface area contributed by atoms with E-state index in [0.717, 1.165) is 0 Å². The van der Waals surface area contributed by atoms with Crippen molar-refractivity contribution in [3.63, 3.8) is 0 Å². The van der Waals surface area contributed by atoms with Crippen molar-refractivity contribution in [2.24, 2.45) is 0 Å². The van der Waals surface area contributed by atoms with Gasteiger partial charge in [-0.3, -0.25) is 9.71 Å². The topological polar surface area (TPSA) is 118 Å². The average Bonchev–Trinajstić information content (AvgIpc) is 2.88. The maximum absolute atomic E-state index is 13.4. The SMILES string of the molecule is CCOc1ccc(S(=O)(=O)Nc2ccccc2C#Cc2cnc(C(=O)O)c(CC)c2)c2ncccc12. The third-order valence-electron chi connectivity index (χ3n) is 5.35. The lowest BCUT2D eigenvalue weighted by molar-refractivity contribution is 0.0689. The number of pyridine rings is 2. The number of sulfonamides is 1. The van der Waals surface area contributed by atoms with Crippen molar-refractivity contribution in [2.75, 3.05) is 11.3 Å². The second-order valence-electron chi connectivity index (χ2n) is 7.69. The lowest BCUT2D eigenvalue weighted by Gasteiger charge is -2.13. The van der Waals surface area contributed by atoms with Crippen LogP contribution in [0.4, 0.5) is 5.69 Å². The second-order valence-corrected chi connectivity index (χ2v) is 9.34. The summed E-state index contributed by atoms with van der Waals surface area (Å²) < 4.78 is 35.0. The molecule has 8 nitrogen and oxygen atoms in total. The highest BCUT2D eigenvalue weighted by molar-refractivity contribution is 7.93. The molecular formula is C27H23N3O5S. The van der Waals surface area contributed by atoms with Crippen LogP contribution >= 0.6 is 0 Å². The van der Waals surface area contributed by atoms with Gasteiger partial charge in [-0.2, -0.15) is 0 Å². The summed E-state index contributed by atoms with van der Waals surface area (Å²) >= 11 is 0. The zero-order valence-corrected chi connectivity index (χ0v) is 20.5. The van der Waals surface area contributed by atoms with Crippen LogP contribution in [0.15, 0.2) is 71.9 Å². The van der Waals surface area contributed by atoms with Crippen molar-refractivity contribution < 1.29 is 23.1 Å². The maximum Gasteiger partial charge on any atom is 0.354 e. The van der Waals surface area contributed by atoms with Gasteiger partial charge < -0.3 is 9.84 Å². The summed E-state index contributed by atoms with van der Waals surface area (Å²) in [7, 11) is -4.02. The first-order valence-electron chi connectivity index (χ1n) is 11.2. The molecule has 2 N–H and O–H groups in total. The van der Waals surface area contributed by atoms with Crippen LogP contribution in [0, 0.1) is 11.8 Å². The standard InChI is InChI=1S/C27H23N3O5S/c1-3-19-16-18(17-29-25(19)27(31)32)11-12-20-8-5-6-10-22(20)30-36(33,34)24-14-13-23(35-4-2)21-9-7-15-28-26(21)24/h5-10,13-17,30H,3-4H2,1-2H3,(H,31,32). The highest BCUT2D eigenvalue weighted by atomic mass is 32.2. The summed E-state index contributed by atoms with van der Waals surface area (Å²) in [6.07, 6.45) is 3.41. The van der Waals surface area contributed by atoms with Gasteiger partial charge in [-0.25, -0.2) is 18.2 Å². The monoisotopic (exact) mass is 501 g/mol. The van der Waals surface area contributed by atoms with E-state index in [1.165, 1.54) is 18.5 Å². The van der Waals surface area contributed by atoms with Crippen LogP contribution in [0.1, 0.15) is 41.0 Å². The van der Waals surface area contributed by atoms with Crippen LogP contribution < -0.4 is 9.46 Å². The van der Waals surface area contributed by atoms with E-state index in [0.29, 0.717) is 52.1 Å². The smallest absolute Gasteiger partial charge is 0.354 e. The highest BCUT2D eigenvalue weighted by Gasteiger charge is 2.21. The van der Waals surface area contributed by atoms with E-state index in [2.05, 4.69) is 26.5 Å². The fourth-order valence-electron chi connectivity index (χ4n) is 3.68. The molecule has 0 radical (unpaired) electrons. The van der Waals surface area contributed by atoms with Crippen LogP contribution in [-0.2, 0) is 16.4 Å². The number of rotatable bonds is 7. The van der Waals surface area contributed by atoms with Crippen molar-refractivity contribution in [3.8, 4) is 17.6 Å². The first-order chi connectivity index (χ1) is 17.3. The van der Waals surface area contributed by atoms with Crippen LogP contribution in [-0.4, -0.2) is 36.1 Å². The molecule has 0 aliphatic heterocycles. The zero-order chi connectivity index (χ0) is 25.7. The van der Waals surface area contributed by atoms with Crippen molar-refractivity contribution in [2.45, 2.75) is 25.2 Å². The molecule has 0 aliphatic rings. The molecule has 0 saturated carbocycles. The molecule has 4 rings (SSSR count). The Kier molecular flexibility index (Phi) is 7.17. The number of aromatic carboxylic acids is 1. The normalized spacial score (nSPS) is 10.9. The number of anilines is 1. The fourth-order valence-corrected chi connectivity index (χ4v) is 4.92. The van der Waals surface area contributed by atoms with Gasteiger partial charge in [-0.15, -0.1) is 0 Å². The highest BCUT2D eigenvalue weighted by Crippen LogP contribution is 2.31. The molecule has 182 valence electrons. The number of ether oxygens (including phenoxy) is 1. The number of carboxylic acid groups (broad SMARTS) is 1. The zero-order valence-electron chi connectivity index (χ0n) is 19.6. The first kappa shape index (κ1) is 24.7. The van der Waals surface area contributed by atoms with E-state index in [1.54, 1.807) is 48.5 Å². The summed E-state index contributed by atoms with van der Waals surface area (Å²) in [5.41, 5.74) is 2.14. The number of para-hydroxylation sites is 1. The minimum atomic E-state index is -4.02. The van der Waals surface area contributed by atoms with Crippen molar-refractivity contribution in [1.82, 2.24) is 9.97 Å². The molecule has 0 atom stereocenters. The molecule has 9 heteroatoms. The summed E-state index contributed by atoms with van der Waals surface area (Å²) in [6, 6.07) is 15.0. The number of hydrogen-bond donors (Lipinski definition) is 2. The van der Waals surface area contributed by atoms with Gasteiger partial charge in [-0.05, 0) is 61.4 Å². The summed E-state index contributed by atoms with van der Waals surface area (Å²) in [6.45, 7) is 4.13. The number of aromatic nitrogens is 2. The van der Waals surface area contributed by atoms with Crippen LogP contribution in [0.2, 0.25) is 0 Å². The van der Waals surface area contributed by atoms with Crippen LogP contribution in [0.5, 0.6) is 5.75 Å². The Hall–Kier alpha value is -4.42. The van der Waals surface area contributed by atoms with Crippen molar-refractivity contribution in [3.05, 3.63) is 89.4 Å². The Morgan fingerprint density at radius 3 is 2.61 bits per heavy atom. The Bertz CT molecular complexity index is 1620. The molecule has 0 amide bonds. The van der Waals surface area contributed by atoms with Crippen LogP contribution in [0.25, 0.3) is 10.9 Å². The van der Waals surface area contributed by atoms with E-state index in [4.69, 9.17) is 4.74 Å². The molecule has 36 heavy (non-hydrogen) atoms. The number of carbonyl (C=O) groups is 1. The van der Waals surface area contributed by atoms with E-state index in [-0.39, 0.29) is 10.6 Å². The third kappa shape index (κ3) is 5.14. The quantitative estimate of drug-likeness (QED) is 0.358. The summed E-state index contributed by atoms with van der Waals surface area (Å²) in [5.74, 6) is 5.38. The predicted octanol–water partition coefficient (Wildman–Crippen LogP) is 4.49. The van der Waals surface area contributed by atoms with Gasteiger partial charge in [0.1, 0.15) is 10.6 Å². The lowest BCUT2D eigenvalue weighted by Crippen LogP contribution is -2.15. The van der Waals surface area contributed by atoms with Gasteiger partial charge >= 0.3 is 5.97 Å². The molecule has 0 spiro atoms. The number of nitrogens with zero attached hydrogens (tertiary/aromatic N) is 2. The lowest BCUT2D eigenvalue weighted by atomic mass is 10.1. The van der Waals surface area contributed by atoms with Gasteiger partial charge in [0.05, 0.1) is 17.8 Å². The van der Waals surface area contributed by atoms with Crippen molar-refractivity contribution in [1.29, 1.82) is 0 Å². The summed E-state index contributed by atoms with van der Waals surface area (Å²) in [4.78, 5) is 19.6. The third-order valence-corrected chi connectivity index (χ3v) is 6.74. The summed E-state index contributed by atoms with van der Waals surface area (Å²) in [5, 5.41) is 9.86. The largest absolute Gasteiger partial charge is 0.493 e. The molecule has 0 fully saturated rings. The second kappa shape index (κ2) is 10.5. The number of carboxylic acids is 1. The predicted molar refractivity (Wildman–Crippen MR) is 137 cm³/mol. The average molecular weight is 502 g/mol. The minimum Gasteiger partial charge on any atom is -0.493 e. The number of fused-ring (bicyclic) bond motifs is 1. The van der Waals surface area contributed by atoms with Gasteiger partial charge in [0.15, 0.2) is 5.69 Å². The molecule has 2 aromatic carbocycles. The number of aryl methyl sites for hydroxylation is 1. The molecule has 2 aromatic heterocycles.